The molecule has 1 amide bonds. The average molecular weight is 392 g/mol. The number of benzene rings is 1. The Labute approximate surface area is 150 Å². The monoisotopic (exact) mass is 392 g/mol. The van der Waals surface area contributed by atoms with Crippen molar-refractivity contribution in [1.82, 2.24) is 9.62 Å². The first-order valence-electron chi connectivity index (χ1n) is 8.04. The van der Waals surface area contributed by atoms with Crippen LogP contribution in [0.15, 0.2) is 41.8 Å². The molecule has 1 aromatic rings. The number of nitrogens with one attached hydrogen (secondary N) is 2. The van der Waals surface area contributed by atoms with E-state index in [2.05, 4.69) is 11.9 Å². The molecule has 1 aliphatic rings. The summed E-state index contributed by atoms with van der Waals surface area (Å²) >= 11 is 0. The lowest BCUT2D eigenvalue weighted by molar-refractivity contribution is -0.895. The highest BCUT2D eigenvalue weighted by Crippen LogP contribution is 2.35. The predicted octanol–water partition coefficient (Wildman–Crippen LogP) is -0.103. The minimum absolute atomic E-state index is 0.0542. The summed E-state index contributed by atoms with van der Waals surface area (Å²) in [5.74, 6) is -0.182. The van der Waals surface area contributed by atoms with Crippen molar-refractivity contribution in [3.05, 3.63) is 42.5 Å². The summed E-state index contributed by atoms with van der Waals surface area (Å²) in [7, 11) is -4.26. The molecule has 0 atom stereocenters. The second kappa shape index (κ2) is 8.19. The second-order valence-corrected chi connectivity index (χ2v) is 7.82. The van der Waals surface area contributed by atoms with Crippen LogP contribution in [0.3, 0.4) is 0 Å². The van der Waals surface area contributed by atoms with Crippen molar-refractivity contribution >= 4 is 15.9 Å². The molecule has 0 bridgehead atoms. The van der Waals surface area contributed by atoms with Crippen LogP contribution in [0.2, 0.25) is 0 Å². The average Bonchev–Trinajstić information content (AvgIpc) is 2.59. The Kier molecular flexibility index (Phi) is 6.43. The lowest BCUT2D eigenvalue weighted by atomic mass is 10.2. The number of carbonyl (C=O) groups is 1. The van der Waals surface area contributed by atoms with E-state index in [9.17, 15) is 26.4 Å². The van der Waals surface area contributed by atoms with Crippen LogP contribution in [-0.2, 0) is 21.0 Å². The SMILES string of the molecule is C=CCNC(=O)C[NH+]1CCN(S(=O)(=O)c2ccccc2C(F)(F)F)CC1. The molecule has 0 saturated carbocycles. The molecule has 0 spiro atoms. The zero-order chi connectivity index (χ0) is 19.4. The molecule has 1 heterocycles. The van der Waals surface area contributed by atoms with Gasteiger partial charge in [0.1, 0.15) is 0 Å². The highest BCUT2D eigenvalue weighted by molar-refractivity contribution is 7.89. The van der Waals surface area contributed by atoms with Crippen LogP contribution in [0.4, 0.5) is 13.2 Å². The number of sulfonamides is 1. The van der Waals surface area contributed by atoms with E-state index in [1.807, 2.05) is 0 Å². The van der Waals surface area contributed by atoms with E-state index in [4.69, 9.17) is 0 Å². The third kappa shape index (κ3) is 4.83. The van der Waals surface area contributed by atoms with Crippen molar-refractivity contribution in [2.24, 2.45) is 0 Å². The normalized spacial score (nSPS) is 17.0. The summed E-state index contributed by atoms with van der Waals surface area (Å²) in [4.78, 5) is 11.8. The van der Waals surface area contributed by atoms with E-state index in [0.29, 0.717) is 19.6 Å². The highest BCUT2D eigenvalue weighted by atomic mass is 32.2. The van der Waals surface area contributed by atoms with Crippen LogP contribution in [0, 0.1) is 0 Å². The zero-order valence-corrected chi connectivity index (χ0v) is 14.9. The largest absolute Gasteiger partial charge is 0.417 e. The maximum Gasteiger partial charge on any atom is 0.417 e. The van der Waals surface area contributed by atoms with Gasteiger partial charge in [-0.1, -0.05) is 18.2 Å². The molecule has 10 heteroatoms. The fourth-order valence-corrected chi connectivity index (χ4v) is 4.41. The molecule has 0 aromatic heterocycles. The van der Waals surface area contributed by atoms with Crippen molar-refractivity contribution in [2.45, 2.75) is 11.1 Å². The van der Waals surface area contributed by atoms with E-state index >= 15 is 0 Å². The Hall–Kier alpha value is -1.91. The van der Waals surface area contributed by atoms with Gasteiger partial charge in [-0.2, -0.15) is 17.5 Å². The third-order valence-corrected chi connectivity index (χ3v) is 6.05. The summed E-state index contributed by atoms with van der Waals surface area (Å²) in [5, 5.41) is 2.64. The molecule has 0 aliphatic carbocycles. The zero-order valence-electron chi connectivity index (χ0n) is 14.1. The summed E-state index contributed by atoms with van der Waals surface area (Å²) in [6.07, 6.45) is -3.20. The first-order valence-corrected chi connectivity index (χ1v) is 9.48. The number of alkyl halides is 3. The Morgan fingerprint density at radius 3 is 2.46 bits per heavy atom. The number of amides is 1. The topological polar surface area (TPSA) is 70.9 Å². The molecule has 26 heavy (non-hydrogen) atoms. The van der Waals surface area contributed by atoms with Gasteiger partial charge in [0.25, 0.3) is 5.91 Å². The Morgan fingerprint density at radius 1 is 1.27 bits per heavy atom. The van der Waals surface area contributed by atoms with Crippen molar-refractivity contribution < 1.29 is 31.3 Å². The minimum Gasteiger partial charge on any atom is -0.348 e. The van der Waals surface area contributed by atoms with E-state index < -0.39 is 26.7 Å². The molecule has 0 unspecified atom stereocenters. The molecule has 1 aliphatic heterocycles. The molecular weight excluding hydrogens is 371 g/mol. The molecule has 2 rings (SSSR count). The van der Waals surface area contributed by atoms with Crippen LogP contribution in [-0.4, -0.2) is 57.9 Å². The van der Waals surface area contributed by atoms with E-state index in [1.165, 1.54) is 6.07 Å². The minimum atomic E-state index is -4.75. The number of hydrogen-bond donors (Lipinski definition) is 2. The number of piperazine rings is 1. The number of quaternary nitrogens is 1. The number of hydrogen-bond acceptors (Lipinski definition) is 3. The van der Waals surface area contributed by atoms with Gasteiger partial charge in [-0.25, -0.2) is 8.42 Å². The maximum absolute atomic E-state index is 13.1. The second-order valence-electron chi connectivity index (χ2n) is 5.92. The van der Waals surface area contributed by atoms with Crippen molar-refractivity contribution in [2.75, 3.05) is 39.3 Å². The number of carbonyl (C=O) groups excluding carboxylic acids is 1. The number of nitrogens with zero attached hydrogens (tertiary/aromatic N) is 1. The van der Waals surface area contributed by atoms with Crippen molar-refractivity contribution in [3.63, 3.8) is 0 Å². The van der Waals surface area contributed by atoms with E-state index in [1.54, 1.807) is 6.08 Å². The number of halogens is 3. The van der Waals surface area contributed by atoms with Crippen LogP contribution < -0.4 is 10.2 Å². The van der Waals surface area contributed by atoms with Crippen LogP contribution in [0.5, 0.6) is 0 Å². The Bertz CT molecular complexity index is 757. The summed E-state index contributed by atoms with van der Waals surface area (Å²) < 4.78 is 65.7. The molecule has 0 radical (unpaired) electrons. The van der Waals surface area contributed by atoms with Gasteiger partial charge in [0, 0.05) is 6.54 Å². The maximum atomic E-state index is 13.1. The molecule has 1 aromatic carbocycles. The van der Waals surface area contributed by atoms with Crippen molar-refractivity contribution in [3.8, 4) is 0 Å². The third-order valence-electron chi connectivity index (χ3n) is 4.09. The first kappa shape index (κ1) is 20.4. The van der Waals surface area contributed by atoms with Gasteiger partial charge in [0.2, 0.25) is 10.0 Å². The molecule has 144 valence electrons. The molecule has 1 saturated heterocycles. The van der Waals surface area contributed by atoms with Gasteiger partial charge in [0.15, 0.2) is 6.54 Å². The summed E-state index contributed by atoms with van der Waals surface area (Å²) in [6, 6.07) is 4.16. The van der Waals surface area contributed by atoms with Crippen LogP contribution >= 0.6 is 0 Å². The highest BCUT2D eigenvalue weighted by Gasteiger charge is 2.40. The van der Waals surface area contributed by atoms with E-state index in [0.717, 1.165) is 27.4 Å². The van der Waals surface area contributed by atoms with Gasteiger partial charge in [-0.05, 0) is 12.1 Å². The fourth-order valence-electron chi connectivity index (χ4n) is 2.76. The van der Waals surface area contributed by atoms with E-state index in [-0.39, 0.29) is 25.5 Å². The fraction of sp³-hybridized carbons (Fsp3) is 0.438. The smallest absolute Gasteiger partial charge is 0.348 e. The quantitative estimate of drug-likeness (QED) is 0.664. The lowest BCUT2D eigenvalue weighted by Crippen LogP contribution is -3.15. The van der Waals surface area contributed by atoms with Gasteiger partial charge in [0.05, 0.1) is 36.6 Å². The summed E-state index contributed by atoms with van der Waals surface area (Å²) in [5.41, 5.74) is -1.17. The number of rotatable bonds is 6. The van der Waals surface area contributed by atoms with Gasteiger partial charge < -0.3 is 10.2 Å². The van der Waals surface area contributed by atoms with Crippen LogP contribution in [0.1, 0.15) is 5.56 Å². The predicted molar refractivity (Wildman–Crippen MR) is 89.0 cm³/mol. The molecular formula is C16H21F3N3O3S+. The van der Waals surface area contributed by atoms with Gasteiger partial charge in [-0.3, -0.25) is 4.79 Å². The molecule has 1 fully saturated rings. The summed E-state index contributed by atoms with van der Waals surface area (Å²) in [6.45, 7) is 4.82. The first-order chi connectivity index (χ1) is 12.2. The van der Waals surface area contributed by atoms with Crippen LogP contribution in [0.25, 0.3) is 0 Å². The Morgan fingerprint density at radius 2 is 1.88 bits per heavy atom. The van der Waals surface area contributed by atoms with Gasteiger partial charge in [-0.15, -0.1) is 6.58 Å². The van der Waals surface area contributed by atoms with Gasteiger partial charge >= 0.3 is 6.18 Å². The van der Waals surface area contributed by atoms with Crippen molar-refractivity contribution in [1.29, 1.82) is 0 Å². The molecule has 6 nitrogen and oxygen atoms in total. The molecule has 2 N–H and O–H groups in total. The lowest BCUT2D eigenvalue weighted by Gasteiger charge is -2.31. The Balaban J connectivity index is 2.07. The standard InChI is InChI=1S/C16H20F3N3O3S/c1-2-7-20-15(23)12-21-8-10-22(11-9-21)26(24,25)14-6-4-3-5-13(14)16(17,18)19/h2-6H,1,7-12H2,(H,20,23)/p+1.